The molecule has 5 rings (SSSR count). The van der Waals surface area contributed by atoms with Crippen LogP contribution in [0.5, 0.6) is 0 Å². The van der Waals surface area contributed by atoms with E-state index in [0.717, 1.165) is 28.9 Å². The van der Waals surface area contributed by atoms with Gasteiger partial charge in [-0.2, -0.15) is 5.10 Å². The molecule has 1 aliphatic heterocycles. The highest BCUT2D eigenvalue weighted by atomic mass is 35.5. The van der Waals surface area contributed by atoms with E-state index < -0.39 is 0 Å². The van der Waals surface area contributed by atoms with Gasteiger partial charge < -0.3 is 0 Å². The lowest BCUT2D eigenvalue weighted by atomic mass is 9.97. The summed E-state index contributed by atoms with van der Waals surface area (Å²) in [6, 6.07) is 29.1. The molecule has 2 nitrogen and oxygen atoms in total. The van der Waals surface area contributed by atoms with Gasteiger partial charge in [0.05, 0.1) is 17.4 Å². The van der Waals surface area contributed by atoms with Crippen molar-refractivity contribution >= 4 is 33.8 Å². The Hall–Kier alpha value is -3.17. The maximum absolute atomic E-state index is 13.5. The van der Waals surface area contributed by atoms with Crippen LogP contribution in [0.4, 0.5) is 10.1 Å². The summed E-state index contributed by atoms with van der Waals surface area (Å²) in [6.45, 7) is 0. The molecule has 0 N–H and O–H groups in total. The predicted molar refractivity (Wildman–Crippen MR) is 118 cm³/mol. The molecule has 0 saturated carbocycles. The Balaban J connectivity index is 1.57. The molecule has 1 heterocycles. The maximum atomic E-state index is 13.5. The van der Waals surface area contributed by atoms with Crippen LogP contribution in [0, 0.1) is 5.82 Å². The van der Waals surface area contributed by atoms with Gasteiger partial charge in [0.15, 0.2) is 0 Å². The first kappa shape index (κ1) is 17.9. The fourth-order valence-electron chi connectivity index (χ4n) is 3.83. The van der Waals surface area contributed by atoms with Gasteiger partial charge in [0.2, 0.25) is 0 Å². The van der Waals surface area contributed by atoms with Gasteiger partial charge in [-0.3, -0.25) is 5.01 Å². The first-order chi connectivity index (χ1) is 14.2. The summed E-state index contributed by atoms with van der Waals surface area (Å²) in [4.78, 5) is 0. The van der Waals surface area contributed by atoms with Crippen molar-refractivity contribution < 1.29 is 4.39 Å². The second kappa shape index (κ2) is 7.34. The average molecular weight is 401 g/mol. The summed E-state index contributed by atoms with van der Waals surface area (Å²) in [5, 5.41) is 10.1. The van der Waals surface area contributed by atoms with Crippen molar-refractivity contribution in [3.8, 4) is 0 Å². The number of rotatable bonds is 3. The number of fused-ring (bicyclic) bond motifs is 1. The van der Waals surface area contributed by atoms with Crippen LogP contribution < -0.4 is 5.01 Å². The lowest BCUT2D eigenvalue weighted by molar-refractivity contribution is 0.624. The van der Waals surface area contributed by atoms with Gasteiger partial charge in [0.1, 0.15) is 5.82 Å². The molecule has 4 heteroatoms. The number of anilines is 1. The SMILES string of the molecule is Fc1ccc(C2CC(c3ccc4ccccc4c3)=NN2c2ccc(Cl)cc2)cc1. The molecular formula is C25H18ClFN2. The van der Waals surface area contributed by atoms with Gasteiger partial charge in [-0.15, -0.1) is 0 Å². The molecule has 0 aromatic heterocycles. The number of nitrogens with zero attached hydrogens (tertiary/aromatic N) is 2. The number of hydrazone groups is 1. The van der Waals surface area contributed by atoms with Crippen LogP contribution in [0.3, 0.4) is 0 Å². The smallest absolute Gasteiger partial charge is 0.123 e. The molecule has 1 unspecified atom stereocenters. The van der Waals surface area contributed by atoms with E-state index in [1.165, 1.54) is 22.9 Å². The molecule has 0 fully saturated rings. The van der Waals surface area contributed by atoms with Crippen molar-refractivity contribution in [1.29, 1.82) is 0 Å². The van der Waals surface area contributed by atoms with Crippen molar-refractivity contribution in [2.75, 3.05) is 5.01 Å². The summed E-state index contributed by atoms with van der Waals surface area (Å²) < 4.78 is 13.5. The van der Waals surface area contributed by atoms with Crippen LogP contribution >= 0.6 is 11.6 Å². The normalized spacial score (nSPS) is 16.3. The lowest BCUT2D eigenvalue weighted by Gasteiger charge is -2.24. The molecule has 0 radical (unpaired) electrons. The van der Waals surface area contributed by atoms with E-state index in [9.17, 15) is 4.39 Å². The monoisotopic (exact) mass is 400 g/mol. The van der Waals surface area contributed by atoms with Crippen molar-refractivity contribution in [1.82, 2.24) is 0 Å². The third-order valence-electron chi connectivity index (χ3n) is 5.34. The highest BCUT2D eigenvalue weighted by Crippen LogP contribution is 2.37. The summed E-state index contributed by atoms with van der Waals surface area (Å²) in [6.07, 6.45) is 0.743. The molecule has 0 amide bonds. The molecule has 0 saturated heterocycles. The predicted octanol–water partition coefficient (Wildman–Crippen LogP) is 6.99. The number of hydrogen-bond acceptors (Lipinski definition) is 2. The van der Waals surface area contributed by atoms with Crippen LogP contribution in [0.2, 0.25) is 5.02 Å². The molecule has 142 valence electrons. The molecule has 4 aromatic carbocycles. The van der Waals surface area contributed by atoms with E-state index >= 15 is 0 Å². The number of benzene rings is 4. The molecule has 29 heavy (non-hydrogen) atoms. The van der Waals surface area contributed by atoms with Crippen LogP contribution in [-0.4, -0.2) is 5.71 Å². The number of hydrogen-bond donors (Lipinski definition) is 0. The molecule has 1 atom stereocenters. The Morgan fingerprint density at radius 2 is 1.55 bits per heavy atom. The van der Waals surface area contributed by atoms with Crippen LogP contribution in [0.1, 0.15) is 23.6 Å². The molecular weight excluding hydrogens is 383 g/mol. The Morgan fingerprint density at radius 3 is 2.31 bits per heavy atom. The topological polar surface area (TPSA) is 15.6 Å². The van der Waals surface area contributed by atoms with Crippen LogP contribution in [-0.2, 0) is 0 Å². The summed E-state index contributed by atoms with van der Waals surface area (Å²) in [7, 11) is 0. The Labute approximate surface area is 173 Å². The average Bonchev–Trinajstić information content (AvgIpc) is 3.20. The van der Waals surface area contributed by atoms with Crippen molar-refractivity contribution in [2.45, 2.75) is 12.5 Å². The van der Waals surface area contributed by atoms with E-state index in [-0.39, 0.29) is 11.9 Å². The fourth-order valence-corrected chi connectivity index (χ4v) is 3.96. The van der Waals surface area contributed by atoms with Crippen LogP contribution in [0.25, 0.3) is 10.8 Å². The van der Waals surface area contributed by atoms with E-state index in [0.29, 0.717) is 5.02 Å². The van der Waals surface area contributed by atoms with E-state index in [2.05, 4.69) is 30.3 Å². The van der Waals surface area contributed by atoms with Crippen molar-refractivity contribution in [2.24, 2.45) is 5.10 Å². The number of halogens is 2. The Morgan fingerprint density at radius 1 is 0.828 bits per heavy atom. The Kier molecular flexibility index (Phi) is 4.53. The largest absolute Gasteiger partial charge is 0.257 e. The quantitative estimate of drug-likeness (QED) is 0.362. The Bertz CT molecular complexity index is 1200. The molecule has 0 spiro atoms. The molecule has 1 aliphatic rings. The van der Waals surface area contributed by atoms with Gasteiger partial charge in [-0.25, -0.2) is 4.39 Å². The van der Waals surface area contributed by atoms with Gasteiger partial charge in [-0.1, -0.05) is 60.1 Å². The molecule has 4 aromatic rings. The zero-order valence-electron chi connectivity index (χ0n) is 15.6. The first-order valence-electron chi connectivity index (χ1n) is 9.54. The minimum absolute atomic E-state index is 0.00162. The highest BCUT2D eigenvalue weighted by Gasteiger charge is 2.30. The minimum Gasteiger partial charge on any atom is -0.257 e. The van der Waals surface area contributed by atoms with Gasteiger partial charge in [0.25, 0.3) is 0 Å². The standard InChI is InChI=1S/C25H18ClFN2/c26-21-9-13-23(14-10-21)29-25(18-7-11-22(27)12-8-18)16-24(28-29)20-6-5-17-3-1-2-4-19(17)15-20/h1-15,25H,16H2. The zero-order chi connectivity index (χ0) is 19.8. The molecule has 0 bridgehead atoms. The molecule has 0 aliphatic carbocycles. The van der Waals surface area contributed by atoms with Gasteiger partial charge >= 0.3 is 0 Å². The van der Waals surface area contributed by atoms with Gasteiger partial charge in [-0.05, 0) is 64.4 Å². The second-order valence-corrected chi connectivity index (χ2v) is 7.64. The third kappa shape index (κ3) is 3.50. The first-order valence-corrected chi connectivity index (χ1v) is 9.92. The second-order valence-electron chi connectivity index (χ2n) is 7.20. The minimum atomic E-state index is -0.236. The van der Waals surface area contributed by atoms with Crippen molar-refractivity contribution in [3.05, 3.63) is 113 Å². The lowest BCUT2D eigenvalue weighted by Crippen LogP contribution is -2.18. The zero-order valence-corrected chi connectivity index (χ0v) is 16.4. The maximum Gasteiger partial charge on any atom is 0.123 e. The highest BCUT2D eigenvalue weighted by molar-refractivity contribution is 6.30. The summed E-state index contributed by atoms with van der Waals surface area (Å²) in [5.41, 5.74) is 4.10. The third-order valence-corrected chi connectivity index (χ3v) is 5.59. The van der Waals surface area contributed by atoms with E-state index in [1.807, 2.05) is 53.5 Å². The van der Waals surface area contributed by atoms with Gasteiger partial charge in [0, 0.05) is 11.4 Å². The van der Waals surface area contributed by atoms with E-state index in [4.69, 9.17) is 16.7 Å². The van der Waals surface area contributed by atoms with Crippen LogP contribution in [0.15, 0.2) is 96.1 Å². The summed E-state index contributed by atoms with van der Waals surface area (Å²) in [5.74, 6) is -0.236. The summed E-state index contributed by atoms with van der Waals surface area (Å²) >= 11 is 6.07. The van der Waals surface area contributed by atoms with E-state index in [1.54, 1.807) is 0 Å². The fraction of sp³-hybridized carbons (Fsp3) is 0.0800. The van der Waals surface area contributed by atoms with Crippen molar-refractivity contribution in [3.63, 3.8) is 0 Å².